The summed E-state index contributed by atoms with van der Waals surface area (Å²) in [5.41, 5.74) is 1.36. The van der Waals surface area contributed by atoms with Crippen LogP contribution in [0.25, 0.3) is 0 Å². The molecule has 0 radical (unpaired) electrons. The van der Waals surface area contributed by atoms with Crippen LogP contribution in [0.15, 0.2) is 30.9 Å². The normalized spacial score (nSPS) is 32.3. The highest BCUT2D eigenvalue weighted by Crippen LogP contribution is 2.71. The van der Waals surface area contributed by atoms with E-state index < -0.39 is 39.4 Å². The van der Waals surface area contributed by atoms with Gasteiger partial charge in [-0.1, -0.05) is 50.1 Å². The van der Waals surface area contributed by atoms with E-state index in [2.05, 4.69) is 6.58 Å². The van der Waals surface area contributed by atoms with Crippen molar-refractivity contribution in [1.29, 1.82) is 0 Å². The maximum atomic E-state index is 14.6. The number of amides is 2. The first-order valence-corrected chi connectivity index (χ1v) is 13.7. The predicted molar refractivity (Wildman–Crippen MR) is 142 cm³/mol. The Hall–Kier alpha value is -2.03. The molecular weight excluding hydrogens is 500 g/mol. The molecule has 3 fully saturated rings. The van der Waals surface area contributed by atoms with Crippen molar-refractivity contribution in [1.82, 2.24) is 4.90 Å². The molecular formula is C27H35ClN2O5S. The lowest BCUT2D eigenvalue weighted by molar-refractivity contribution is -0.151. The third kappa shape index (κ3) is 3.79. The van der Waals surface area contributed by atoms with Gasteiger partial charge in [0.25, 0.3) is 5.91 Å². The zero-order valence-electron chi connectivity index (χ0n) is 21.2. The van der Waals surface area contributed by atoms with Crippen molar-refractivity contribution < 1.29 is 24.6 Å². The monoisotopic (exact) mass is 534 g/mol. The van der Waals surface area contributed by atoms with Crippen LogP contribution in [-0.4, -0.2) is 67.6 Å². The number of aliphatic hydroxyl groups excluding tert-OH is 1. The summed E-state index contributed by atoms with van der Waals surface area (Å²) >= 11 is 8.07. The van der Waals surface area contributed by atoms with Gasteiger partial charge in [0.15, 0.2) is 0 Å². The van der Waals surface area contributed by atoms with Crippen LogP contribution >= 0.6 is 23.4 Å². The average Bonchev–Trinajstić information content (AvgIpc) is 3.39. The molecule has 1 aromatic rings. The van der Waals surface area contributed by atoms with E-state index in [4.69, 9.17) is 11.6 Å². The van der Waals surface area contributed by atoms with Crippen LogP contribution in [0.5, 0.6) is 0 Å². The molecule has 2 N–H and O–H groups in total. The maximum absolute atomic E-state index is 14.6. The number of fused-ring (bicyclic) bond motifs is 1. The highest BCUT2D eigenvalue weighted by atomic mass is 35.5. The number of hydrogen-bond acceptors (Lipinski definition) is 5. The second-order valence-electron chi connectivity index (χ2n) is 10.6. The Morgan fingerprint density at radius 1 is 1.39 bits per heavy atom. The fourth-order valence-corrected chi connectivity index (χ4v) is 9.38. The topological polar surface area (TPSA) is 98.2 Å². The van der Waals surface area contributed by atoms with E-state index in [0.717, 1.165) is 5.56 Å². The summed E-state index contributed by atoms with van der Waals surface area (Å²) in [5.74, 6) is -3.47. The standard InChI is InChI=1S/C27H35ClN2O5S/c1-6-13-29(21-16(4)9-8-10-17(21)28)24(33)22-27-12-11-26(5,36-27)20(25(34)35)19(27)23(32)30(22)18(14-31)15(3)7-2/h6,8-10,15,18-20,22,31H,1,7,11-14H2,2-5H3,(H,34,35)/t15-,18-,19-,20+,22?,26-,27?/m0/s1. The number of aliphatic carboxylic acids is 1. The molecule has 1 spiro atoms. The van der Waals surface area contributed by atoms with Crippen molar-refractivity contribution in [2.75, 3.05) is 18.1 Å². The Bertz CT molecular complexity index is 1080. The molecule has 3 saturated heterocycles. The average molecular weight is 535 g/mol. The second kappa shape index (κ2) is 9.69. The third-order valence-corrected chi connectivity index (χ3v) is 10.9. The number of benzene rings is 1. The molecule has 3 heterocycles. The molecule has 0 aliphatic carbocycles. The number of aryl methyl sites for hydroxylation is 1. The first kappa shape index (κ1) is 27.0. The summed E-state index contributed by atoms with van der Waals surface area (Å²) < 4.78 is -1.52. The number of thioether (sulfide) groups is 1. The van der Waals surface area contributed by atoms with E-state index >= 15 is 0 Å². The van der Waals surface area contributed by atoms with Crippen LogP contribution in [0.2, 0.25) is 5.02 Å². The number of likely N-dealkylation sites (tertiary alicyclic amines) is 1. The largest absolute Gasteiger partial charge is 0.481 e. The summed E-state index contributed by atoms with van der Waals surface area (Å²) in [6.45, 7) is 11.4. The van der Waals surface area contributed by atoms with Crippen molar-refractivity contribution in [3.05, 3.63) is 41.4 Å². The molecule has 0 aromatic heterocycles. The Morgan fingerprint density at radius 2 is 2.08 bits per heavy atom. The summed E-state index contributed by atoms with van der Waals surface area (Å²) in [4.78, 5) is 44.3. The number of carboxylic acids is 1. The number of hydrogen-bond donors (Lipinski definition) is 2. The number of carbonyl (C=O) groups excluding carboxylic acids is 2. The molecule has 9 heteroatoms. The first-order chi connectivity index (χ1) is 17.0. The SMILES string of the molecule is C=CCN(C(=O)C1N([C@@H](CO)[C@@H](C)CC)C(=O)[C@@H]2[C@H](C(=O)O)[C@]3(C)CCC12S3)c1c(C)cccc1Cl. The van der Waals surface area contributed by atoms with Gasteiger partial charge in [0.05, 0.1) is 39.9 Å². The van der Waals surface area contributed by atoms with Crippen molar-refractivity contribution in [2.24, 2.45) is 17.8 Å². The molecule has 7 atom stereocenters. The molecule has 0 saturated carbocycles. The number of para-hydroxylation sites is 1. The number of aliphatic hydroxyl groups is 1. The molecule has 36 heavy (non-hydrogen) atoms. The lowest BCUT2D eigenvalue weighted by Gasteiger charge is -2.41. The highest BCUT2D eigenvalue weighted by Gasteiger charge is 2.78. The molecule has 3 aliphatic heterocycles. The fourth-order valence-electron chi connectivity index (χ4n) is 6.72. The Kier molecular flexibility index (Phi) is 7.27. The van der Waals surface area contributed by atoms with E-state index in [-0.39, 0.29) is 30.9 Å². The van der Waals surface area contributed by atoms with Crippen molar-refractivity contribution in [3.63, 3.8) is 0 Å². The van der Waals surface area contributed by atoms with Gasteiger partial charge in [-0.25, -0.2) is 0 Å². The van der Waals surface area contributed by atoms with Crippen molar-refractivity contribution in [2.45, 2.75) is 68.5 Å². The number of carboxylic acid groups (broad SMARTS) is 1. The molecule has 1 aromatic carbocycles. The summed E-state index contributed by atoms with van der Waals surface area (Å²) in [7, 11) is 0. The van der Waals surface area contributed by atoms with Crippen LogP contribution in [0.3, 0.4) is 0 Å². The predicted octanol–water partition coefficient (Wildman–Crippen LogP) is 4.14. The van der Waals surface area contributed by atoms with E-state index in [1.807, 2.05) is 39.8 Å². The summed E-state index contributed by atoms with van der Waals surface area (Å²) in [6.07, 6.45) is 3.48. The minimum absolute atomic E-state index is 0.0829. The van der Waals surface area contributed by atoms with E-state index in [9.17, 15) is 24.6 Å². The molecule has 196 valence electrons. The van der Waals surface area contributed by atoms with Gasteiger partial charge in [-0.2, -0.15) is 0 Å². The molecule has 3 aliphatic rings. The number of rotatable bonds is 9. The van der Waals surface area contributed by atoms with Gasteiger partial charge >= 0.3 is 5.97 Å². The molecule has 4 rings (SSSR count). The smallest absolute Gasteiger partial charge is 0.308 e. The zero-order chi connectivity index (χ0) is 26.6. The zero-order valence-corrected chi connectivity index (χ0v) is 22.8. The van der Waals surface area contributed by atoms with Gasteiger partial charge in [-0.3, -0.25) is 14.4 Å². The second-order valence-corrected chi connectivity index (χ2v) is 12.9. The third-order valence-electron chi connectivity index (χ3n) is 8.60. The van der Waals surface area contributed by atoms with Gasteiger partial charge in [0.1, 0.15) is 6.04 Å². The highest BCUT2D eigenvalue weighted by molar-refractivity contribution is 8.02. The minimum Gasteiger partial charge on any atom is -0.481 e. The van der Waals surface area contributed by atoms with Crippen LogP contribution < -0.4 is 4.90 Å². The van der Waals surface area contributed by atoms with Gasteiger partial charge in [-0.05, 0) is 44.2 Å². The van der Waals surface area contributed by atoms with Crippen LogP contribution in [0, 0.1) is 24.7 Å². The Morgan fingerprint density at radius 3 is 2.64 bits per heavy atom. The van der Waals surface area contributed by atoms with Gasteiger partial charge in [0, 0.05) is 11.3 Å². The summed E-state index contributed by atoms with van der Waals surface area (Å²) in [6, 6.07) is 3.88. The van der Waals surface area contributed by atoms with E-state index in [1.54, 1.807) is 17.0 Å². The number of anilines is 1. The molecule has 7 nitrogen and oxygen atoms in total. The van der Waals surface area contributed by atoms with Crippen molar-refractivity contribution in [3.8, 4) is 0 Å². The van der Waals surface area contributed by atoms with Gasteiger partial charge in [0.2, 0.25) is 5.91 Å². The van der Waals surface area contributed by atoms with Crippen LogP contribution in [-0.2, 0) is 14.4 Å². The Balaban J connectivity index is 1.91. The van der Waals surface area contributed by atoms with Gasteiger partial charge in [-0.15, -0.1) is 18.3 Å². The van der Waals surface area contributed by atoms with E-state index in [1.165, 1.54) is 16.7 Å². The minimum atomic E-state index is -1.01. The molecule has 2 bridgehead atoms. The number of halogens is 1. The van der Waals surface area contributed by atoms with Crippen LogP contribution in [0.1, 0.15) is 45.6 Å². The first-order valence-electron chi connectivity index (χ1n) is 12.5. The van der Waals surface area contributed by atoms with E-state index in [0.29, 0.717) is 30.0 Å². The maximum Gasteiger partial charge on any atom is 0.308 e. The molecule has 2 amide bonds. The Labute approximate surface area is 221 Å². The van der Waals surface area contributed by atoms with Crippen LogP contribution in [0.4, 0.5) is 5.69 Å². The lowest BCUT2D eigenvalue weighted by Crippen LogP contribution is -2.59. The number of carbonyl (C=O) groups is 3. The van der Waals surface area contributed by atoms with Gasteiger partial charge < -0.3 is 20.0 Å². The fraction of sp³-hybridized carbons (Fsp3) is 0.593. The number of nitrogens with zero attached hydrogens (tertiary/aromatic N) is 2. The van der Waals surface area contributed by atoms with Crippen molar-refractivity contribution >= 4 is 46.8 Å². The lowest BCUT2D eigenvalue weighted by atomic mass is 9.66. The summed E-state index contributed by atoms with van der Waals surface area (Å²) in [5, 5.41) is 21.1. The molecule has 2 unspecified atom stereocenters. The quantitative estimate of drug-likeness (QED) is 0.462.